The molecule has 7 heteroatoms. The molecule has 1 heterocycles. The van der Waals surface area contributed by atoms with Gasteiger partial charge in [-0.05, 0) is 12.1 Å². The fraction of sp³-hybridized carbons (Fsp3) is 0.333. The average Bonchev–Trinajstić information content (AvgIpc) is 2.73. The molecule has 0 N–H and O–H groups in total. The molecule has 0 unspecified atom stereocenters. The van der Waals surface area contributed by atoms with E-state index in [0.717, 1.165) is 17.6 Å². The minimum atomic E-state index is -1.05. The van der Waals surface area contributed by atoms with Crippen molar-refractivity contribution in [3.63, 3.8) is 0 Å². The van der Waals surface area contributed by atoms with E-state index in [1.807, 2.05) is 20.8 Å². The molecule has 0 aliphatic carbocycles. The second-order valence-corrected chi connectivity index (χ2v) is 6.57. The number of benzene rings is 1. The molecule has 2 rings (SSSR count). The maximum Gasteiger partial charge on any atom is 0.298 e. The molecule has 0 radical (unpaired) electrons. The monoisotopic (exact) mass is 348 g/mol. The number of rotatable bonds is 2. The topological polar surface area (TPSA) is 35.0 Å². The molecule has 0 aliphatic rings. The SMILES string of the molecule is CC(C)(C)c1nsc(Oc2cc(Br)cc(F)c2F)n1. The Labute approximate surface area is 121 Å². The van der Waals surface area contributed by atoms with Crippen LogP contribution >= 0.6 is 27.5 Å². The molecule has 0 aliphatic heterocycles. The largest absolute Gasteiger partial charge is 0.427 e. The molecule has 3 nitrogen and oxygen atoms in total. The Morgan fingerprint density at radius 1 is 1.26 bits per heavy atom. The van der Waals surface area contributed by atoms with Crippen LogP contribution in [-0.2, 0) is 5.41 Å². The molecular weight excluding hydrogens is 338 g/mol. The lowest BCUT2D eigenvalue weighted by molar-refractivity contribution is 0.410. The van der Waals surface area contributed by atoms with E-state index in [2.05, 4.69) is 25.3 Å². The van der Waals surface area contributed by atoms with Gasteiger partial charge in [0.15, 0.2) is 17.4 Å². The number of aromatic nitrogens is 2. The number of hydrogen-bond acceptors (Lipinski definition) is 4. The molecule has 0 atom stereocenters. The van der Waals surface area contributed by atoms with Crippen LogP contribution < -0.4 is 4.74 Å². The molecule has 0 fully saturated rings. The highest BCUT2D eigenvalue weighted by molar-refractivity contribution is 9.10. The molecule has 19 heavy (non-hydrogen) atoms. The van der Waals surface area contributed by atoms with Crippen LogP contribution in [0, 0.1) is 11.6 Å². The van der Waals surface area contributed by atoms with Gasteiger partial charge in [-0.3, -0.25) is 0 Å². The summed E-state index contributed by atoms with van der Waals surface area (Å²) in [4.78, 5) is 4.16. The molecule has 102 valence electrons. The third-order valence-corrected chi connectivity index (χ3v) is 3.29. The van der Waals surface area contributed by atoms with Gasteiger partial charge >= 0.3 is 0 Å². The van der Waals surface area contributed by atoms with E-state index < -0.39 is 11.6 Å². The van der Waals surface area contributed by atoms with Gasteiger partial charge in [-0.15, -0.1) is 0 Å². The maximum absolute atomic E-state index is 13.5. The predicted molar refractivity (Wildman–Crippen MR) is 72.7 cm³/mol. The van der Waals surface area contributed by atoms with Crippen LogP contribution in [0.4, 0.5) is 8.78 Å². The van der Waals surface area contributed by atoms with E-state index in [4.69, 9.17) is 4.74 Å². The first kappa shape index (κ1) is 14.3. The van der Waals surface area contributed by atoms with Gasteiger partial charge in [-0.2, -0.15) is 13.7 Å². The Balaban J connectivity index is 2.29. The molecule has 0 bridgehead atoms. The van der Waals surface area contributed by atoms with Crippen LogP contribution in [0.5, 0.6) is 10.9 Å². The minimum Gasteiger partial charge on any atom is -0.427 e. The zero-order valence-electron chi connectivity index (χ0n) is 10.5. The van der Waals surface area contributed by atoms with Crippen LogP contribution in [0.25, 0.3) is 0 Å². The van der Waals surface area contributed by atoms with Gasteiger partial charge in [-0.1, -0.05) is 36.7 Å². The maximum atomic E-state index is 13.5. The first-order chi connectivity index (χ1) is 8.77. The van der Waals surface area contributed by atoms with Crippen molar-refractivity contribution < 1.29 is 13.5 Å². The van der Waals surface area contributed by atoms with Gasteiger partial charge in [0, 0.05) is 21.4 Å². The molecule has 1 aromatic heterocycles. The fourth-order valence-electron chi connectivity index (χ4n) is 1.26. The summed E-state index contributed by atoms with van der Waals surface area (Å²) in [6.45, 7) is 5.87. The van der Waals surface area contributed by atoms with Crippen LogP contribution in [-0.4, -0.2) is 9.36 Å². The van der Waals surface area contributed by atoms with Crippen molar-refractivity contribution in [1.82, 2.24) is 9.36 Å². The van der Waals surface area contributed by atoms with E-state index >= 15 is 0 Å². The van der Waals surface area contributed by atoms with E-state index in [9.17, 15) is 8.78 Å². The van der Waals surface area contributed by atoms with Crippen molar-refractivity contribution in [2.45, 2.75) is 26.2 Å². The summed E-state index contributed by atoms with van der Waals surface area (Å²) >= 11 is 4.08. The molecule has 0 saturated carbocycles. The van der Waals surface area contributed by atoms with E-state index in [-0.39, 0.29) is 16.4 Å². The van der Waals surface area contributed by atoms with Gasteiger partial charge in [-0.25, -0.2) is 4.39 Å². The van der Waals surface area contributed by atoms with Gasteiger partial charge in [0.2, 0.25) is 5.82 Å². The standard InChI is InChI=1S/C12H11BrF2N2OS/c1-12(2,3)10-16-11(19-17-10)18-8-5-6(13)4-7(14)9(8)15/h4-5H,1-3H3. The smallest absolute Gasteiger partial charge is 0.298 e. The van der Waals surface area contributed by atoms with Crippen molar-refractivity contribution in [1.29, 1.82) is 0 Å². The van der Waals surface area contributed by atoms with Gasteiger partial charge in [0.1, 0.15) is 0 Å². The highest BCUT2D eigenvalue weighted by Gasteiger charge is 2.21. The number of nitrogens with zero attached hydrogens (tertiary/aromatic N) is 2. The average molecular weight is 349 g/mol. The Bertz CT molecular complexity index is 610. The van der Waals surface area contributed by atoms with Crippen LogP contribution in [0.2, 0.25) is 0 Å². The van der Waals surface area contributed by atoms with Crippen molar-refractivity contribution in [2.24, 2.45) is 0 Å². The molecule has 2 aromatic rings. The number of halogens is 3. The Hall–Kier alpha value is -1.08. The number of hydrogen-bond donors (Lipinski definition) is 0. The minimum absolute atomic E-state index is 0.182. The summed E-state index contributed by atoms with van der Waals surface area (Å²) in [6, 6.07) is 2.37. The van der Waals surface area contributed by atoms with Gasteiger partial charge in [0.05, 0.1) is 0 Å². The second-order valence-electron chi connectivity index (χ2n) is 4.94. The third-order valence-electron chi connectivity index (χ3n) is 2.24. The lowest BCUT2D eigenvalue weighted by Crippen LogP contribution is -2.12. The Kier molecular flexibility index (Phi) is 3.87. The molecule has 0 saturated heterocycles. The van der Waals surface area contributed by atoms with Gasteiger partial charge < -0.3 is 4.74 Å². The Morgan fingerprint density at radius 3 is 2.53 bits per heavy atom. The van der Waals surface area contributed by atoms with E-state index in [0.29, 0.717) is 10.3 Å². The Morgan fingerprint density at radius 2 is 1.95 bits per heavy atom. The van der Waals surface area contributed by atoms with E-state index in [1.165, 1.54) is 6.07 Å². The van der Waals surface area contributed by atoms with Crippen LogP contribution in [0.1, 0.15) is 26.6 Å². The first-order valence-electron chi connectivity index (χ1n) is 5.44. The zero-order chi connectivity index (χ0) is 14.2. The van der Waals surface area contributed by atoms with Gasteiger partial charge in [0.25, 0.3) is 5.19 Å². The summed E-state index contributed by atoms with van der Waals surface area (Å²) in [5, 5.41) is 0.182. The van der Waals surface area contributed by atoms with Crippen molar-refractivity contribution >= 4 is 27.5 Å². The molecule has 1 aromatic carbocycles. The summed E-state index contributed by atoms with van der Waals surface area (Å²) in [6.07, 6.45) is 0. The van der Waals surface area contributed by atoms with Crippen molar-refractivity contribution in [3.8, 4) is 10.9 Å². The quantitative estimate of drug-likeness (QED) is 0.739. The lowest BCUT2D eigenvalue weighted by atomic mass is 9.96. The normalized spacial score (nSPS) is 11.7. The zero-order valence-corrected chi connectivity index (χ0v) is 12.9. The second kappa shape index (κ2) is 5.13. The number of ether oxygens (including phenoxy) is 1. The van der Waals surface area contributed by atoms with Crippen molar-refractivity contribution in [2.75, 3.05) is 0 Å². The summed E-state index contributed by atoms with van der Waals surface area (Å²) < 4.78 is 36.5. The molecular formula is C12H11BrF2N2OS. The summed E-state index contributed by atoms with van der Waals surface area (Å²) in [5.41, 5.74) is -0.223. The summed E-state index contributed by atoms with van der Waals surface area (Å²) in [5.74, 6) is -1.65. The van der Waals surface area contributed by atoms with Crippen LogP contribution in [0.15, 0.2) is 16.6 Å². The first-order valence-corrected chi connectivity index (χ1v) is 7.00. The lowest BCUT2D eigenvalue weighted by Gasteiger charge is -2.12. The third kappa shape index (κ3) is 3.27. The predicted octanol–water partition coefficient (Wildman–Crippen LogP) is 4.67. The summed E-state index contributed by atoms with van der Waals surface area (Å²) in [7, 11) is 0. The highest BCUT2D eigenvalue weighted by atomic mass is 79.9. The van der Waals surface area contributed by atoms with Crippen LogP contribution in [0.3, 0.4) is 0 Å². The fourth-order valence-corrected chi connectivity index (χ4v) is 2.40. The van der Waals surface area contributed by atoms with Crippen molar-refractivity contribution in [3.05, 3.63) is 34.1 Å². The molecule has 0 amide bonds. The van der Waals surface area contributed by atoms with E-state index in [1.54, 1.807) is 0 Å². The highest BCUT2D eigenvalue weighted by Crippen LogP contribution is 2.32. The molecule has 0 spiro atoms.